The standard InChI is InChI=1S/C23H33N5O4S/c1-5-15(22(24)25)8-7-10-26-20(23(30)27-33-28(3)4)16-12-17-13-18(9-11-29)32-21(17)19(14-16)31-6-2/h5,7-8,12-14,20,26,29H,6,9-11H2,1-4H3,(H3,24,25)(H,27,30)/b8-7-,15-5+. The van der Waals surface area contributed by atoms with Crippen molar-refractivity contribution in [3.05, 3.63) is 53.3 Å². The third-order valence-corrected chi connectivity index (χ3v) is 5.25. The van der Waals surface area contributed by atoms with Gasteiger partial charge in [-0.15, -0.1) is 0 Å². The molecule has 10 heteroatoms. The number of rotatable bonds is 13. The Bertz CT molecular complexity index is 1020. The lowest BCUT2D eigenvalue weighted by atomic mass is 10.0. The van der Waals surface area contributed by atoms with Crippen molar-refractivity contribution in [2.45, 2.75) is 26.3 Å². The SMILES string of the molecule is C/C=C(\C=C/CNC(C(=O)NSN(C)C)c1cc(OCC)c2oc(CCO)cc2c1)C(=N)N. The highest BCUT2D eigenvalue weighted by molar-refractivity contribution is 7.95. The monoisotopic (exact) mass is 475 g/mol. The van der Waals surface area contributed by atoms with E-state index in [0.29, 0.717) is 47.8 Å². The summed E-state index contributed by atoms with van der Waals surface area (Å²) in [5, 5.41) is 20.9. The van der Waals surface area contributed by atoms with Crippen molar-refractivity contribution >= 4 is 34.8 Å². The second-order valence-corrected chi connectivity index (χ2v) is 8.45. The molecular weight excluding hydrogens is 442 g/mol. The van der Waals surface area contributed by atoms with Gasteiger partial charge in [-0.25, -0.2) is 4.31 Å². The Kier molecular flexibility index (Phi) is 10.5. The zero-order chi connectivity index (χ0) is 24.4. The number of benzene rings is 1. The number of hydrogen-bond acceptors (Lipinski definition) is 8. The number of aliphatic hydroxyl groups excluding tert-OH is 1. The quantitative estimate of drug-likeness (QED) is 0.129. The van der Waals surface area contributed by atoms with Crippen LogP contribution < -0.4 is 20.5 Å². The summed E-state index contributed by atoms with van der Waals surface area (Å²) < 4.78 is 16.3. The number of nitrogens with zero attached hydrogens (tertiary/aromatic N) is 1. The molecule has 2 rings (SSSR count). The summed E-state index contributed by atoms with van der Waals surface area (Å²) in [5.74, 6) is 0.947. The third kappa shape index (κ3) is 7.64. The molecule has 1 heterocycles. The summed E-state index contributed by atoms with van der Waals surface area (Å²) in [6, 6.07) is 4.86. The zero-order valence-electron chi connectivity index (χ0n) is 19.5. The molecule has 0 saturated heterocycles. The summed E-state index contributed by atoms with van der Waals surface area (Å²) in [5.41, 5.74) is 7.46. The van der Waals surface area contributed by atoms with Crippen LogP contribution in [0.5, 0.6) is 5.75 Å². The van der Waals surface area contributed by atoms with Gasteiger partial charge in [-0.1, -0.05) is 18.2 Å². The number of carbonyl (C=O) groups excluding carboxylic acids is 1. The molecule has 180 valence electrons. The number of aliphatic hydroxyl groups is 1. The highest BCUT2D eigenvalue weighted by Gasteiger charge is 2.23. The Morgan fingerprint density at radius 2 is 2.15 bits per heavy atom. The van der Waals surface area contributed by atoms with E-state index in [9.17, 15) is 9.90 Å². The lowest BCUT2D eigenvalue weighted by molar-refractivity contribution is -0.121. The van der Waals surface area contributed by atoms with Crippen LogP contribution in [0.3, 0.4) is 0 Å². The minimum Gasteiger partial charge on any atom is -0.490 e. The van der Waals surface area contributed by atoms with E-state index in [1.165, 1.54) is 12.1 Å². The second-order valence-electron chi connectivity index (χ2n) is 7.33. The first-order valence-corrected chi connectivity index (χ1v) is 11.4. The molecule has 0 spiro atoms. The number of amides is 1. The Balaban J connectivity index is 2.38. The molecule has 1 unspecified atom stereocenters. The first-order valence-electron chi connectivity index (χ1n) is 10.6. The predicted molar refractivity (Wildman–Crippen MR) is 133 cm³/mol. The van der Waals surface area contributed by atoms with Crippen LogP contribution in [0, 0.1) is 5.41 Å². The Hall–Kier alpha value is -2.79. The number of hydrogen-bond donors (Lipinski definition) is 5. The molecule has 0 bridgehead atoms. The van der Waals surface area contributed by atoms with Gasteiger partial charge in [0.1, 0.15) is 17.6 Å². The number of amidine groups is 1. The second kappa shape index (κ2) is 13.0. The summed E-state index contributed by atoms with van der Waals surface area (Å²) in [4.78, 5) is 13.0. The first-order chi connectivity index (χ1) is 15.8. The van der Waals surface area contributed by atoms with Crippen molar-refractivity contribution in [2.75, 3.05) is 33.9 Å². The number of carbonyl (C=O) groups is 1. The van der Waals surface area contributed by atoms with Gasteiger partial charge in [-0.05, 0) is 51.7 Å². The van der Waals surface area contributed by atoms with Gasteiger partial charge in [-0.2, -0.15) is 0 Å². The third-order valence-electron chi connectivity index (χ3n) is 4.60. The molecule has 0 fully saturated rings. The molecule has 0 radical (unpaired) electrons. The lowest BCUT2D eigenvalue weighted by Crippen LogP contribution is -2.36. The van der Waals surface area contributed by atoms with Crippen molar-refractivity contribution < 1.29 is 19.1 Å². The first kappa shape index (κ1) is 26.5. The molecule has 9 nitrogen and oxygen atoms in total. The van der Waals surface area contributed by atoms with Crippen molar-refractivity contribution in [1.82, 2.24) is 14.3 Å². The fraction of sp³-hybridized carbons (Fsp3) is 0.391. The molecule has 1 atom stereocenters. The predicted octanol–water partition coefficient (Wildman–Crippen LogP) is 2.68. The van der Waals surface area contributed by atoms with E-state index in [4.69, 9.17) is 20.3 Å². The summed E-state index contributed by atoms with van der Waals surface area (Å²) in [6.07, 6.45) is 5.70. The van der Waals surface area contributed by atoms with Gasteiger partial charge in [0.15, 0.2) is 11.3 Å². The molecule has 0 aliphatic rings. The largest absolute Gasteiger partial charge is 0.490 e. The number of ether oxygens (including phenoxy) is 1. The molecule has 6 N–H and O–H groups in total. The number of furan rings is 1. The Labute approximate surface area is 198 Å². The normalized spacial score (nSPS) is 13.1. The van der Waals surface area contributed by atoms with Crippen LogP contribution >= 0.6 is 12.1 Å². The molecule has 1 aromatic heterocycles. The van der Waals surface area contributed by atoms with E-state index in [1.54, 1.807) is 22.5 Å². The molecule has 0 aliphatic carbocycles. The molecule has 2 aromatic rings. The van der Waals surface area contributed by atoms with Crippen molar-refractivity contribution in [2.24, 2.45) is 5.73 Å². The van der Waals surface area contributed by atoms with E-state index in [-0.39, 0.29) is 18.3 Å². The topological polar surface area (TPSA) is 137 Å². The van der Waals surface area contributed by atoms with E-state index in [2.05, 4.69) is 10.0 Å². The van der Waals surface area contributed by atoms with Gasteiger partial charge in [0.05, 0.1) is 13.2 Å². The molecule has 1 aromatic carbocycles. The lowest BCUT2D eigenvalue weighted by Gasteiger charge is -2.20. The van der Waals surface area contributed by atoms with Crippen LogP contribution in [0.1, 0.15) is 31.2 Å². The highest BCUT2D eigenvalue weighted by Crippen LogP contribution is 2.33. The molecular formula is C23H33N5O4S. The summed E-state index contributed by atoms with van der Waals surface area (Å²) in [7, 11) is 3.67. The van der Waals surface area contributed by atoms with Crippen molar-refractivity contribution in [3.63, 3.8) is 0 Å². The maximum absolute atomic E-state index is 13.0. The minimum atomic E-state index is -0.673. The zero-order valence-corrected chi connectivity index (χ0v) is 20.3. The fourth-order valence-electron chi connectivity index (χ4n) is 3.13. The van der Waals surface area contributed by atoms with Gasteiger partial charge in [0, 0.05) is 36.1 Å². The number of nitrogens with one attached hydrogen (secondary N) is 3. The van der Waals surface area contributed by atoms with Gasteiger partial charge in [0.2, 0.25) is 0 Å². The van der Waals surface area contributed by atoms with Crippen LogP contribution in [-0.2, 0) is 11.2 Å². The number of nitrogens with two attached hydrogens (primary N) is 1. The maximum atomic E-state index is 13.0. The number of fused-ring (bicyclic) bond motifs is 1. The van der Waals surface area contributed by atoms with E-state index in [0.717, 1.165) is 5.39 Å². The van der Waals surface area contributed by atoms with Crippen LogP contribution in [0.15, 0.2) is 46.4 Å². The maximum Gasteiger partial charge on any atom is 0.252 e. The summed E-state index contributed by atoms with van der Waals surface area (Å²) in [6.45, 7) is 4.48. The van der Waals surface area contributed by atoms with Gasteiger partial charge in [0.25, 0.3) is 5.91 Å². The average molecular weight is 476 g/mol. The van der Waals surface area contributed by atoms with Crippen molar-refractivity contribution in [1.29, 1.82) is 5.41 Å². The van der Waals surface area contributed by atoms with E-state index in [1.807, 2.05) is 46.2 Å². The van der Waals surface area contributed by atoms with Crippen molar-refractivity contribution in [3.8, 4) is 5.75 Å². The van der Waals surface area contributed by atoms with Crippen LogP contribution in [-0.4, -0.2) is 55.0 Å². The molecule has 1 amide bonds. The van der Waals surface area contributed by atoms with Crippen LogP contribution in [0.2, 0.25) is 0 Å². The van der Waals surface area contributed by atoms with Crippen LogP contribution in [0.4, 0.5) is 0 Å². The van der Waals surface area contributed by atoms with Gasteiger partial charge < -0.3 is 20.0 Å². The Morgan fingerprint density at radius 3 is 2.76 bits per heavy atom. The molecule has 33 heavy (non-hydrogen) atoms. The smallest absolute Gasteiger partial charge is 0.252 e. The minimum absolute atomic E-state index is 0.0177. The van der Waals surface area contributed by atoms with Gasteiger partial charge in [-0.3, -0.25) is 20.2 Å². The molecule has 0 saturated carbocycles. The number of allylic oxidation sites excluding steroid dienone is 1. The highest BCUT2D eigenvalue weighted by atomic mass is 32.2. The van der Waals surface area contributed by atoms with Crippen LogP contribution in [0.25, 0.3) is 11.0 Å². The molecule has 0 aliphatic heterocycles. The van der Waals surface area contributed by atoms with Gasteiger partial charge >= 0.3 is 0 Å². The summed E-state index contributed by atoms with van der Waals surface area (Å²) >= 11 is 1.19. The average Bonchev–Trinajstić information content (AvgIpc) is 3.17. The van der Waals surface area contributed by atoms with E-state index >= 15 is 0 Å². The van der Waals surface area contributed by atoms with E-state index < -0.39 is 6.04 Å². The fourth-order valence-corrected chi connectivity index (χ4v) is 3.52. The Morgan fingerprint density at radius 1 is 1.39 bits per heavy atom.